The minimum absolute atomic E-state index is 0.00722. The van der Waals surface area contributed by atoms with Crippen molar-refractivity contribution in [3.63, 3.8) is 0 Å². The summed E-state index contributed by atoms with van der Waals surface area (Å²) in [5.74, 6) is 0.129. The van der Waals surface area contributed by atoms with E-state index in [1.165, 1.54) is 43.4 Å². The number of alkyl halides is 2. The molecule has 0 fully saturated rings. The first-order chi connectivity index (χ1) is 14.4. The third-order valence-electron chi connectivity index (χ3n) is 3.99. The van der Waals surface area contributed by atoms with Gasteiger partial charge in [0.15, 0.2) is 17.5 Å². The molecule has 0 spiro atoms. The molecule has 0 aromatic heterocycles. The molecular formula is C19H19F3N4O4. The van der Waals surface area contributed by atoms with Crippen molar-refractivity contribution in [1.82, 2.24) is 10.6 Å². The van der Waals surface area contributed by atoms with Crippen LogP contribution in [0.1, 0.15) is 5.56 Å². The molecule has 0 aliphatic carbocycles. The van der Waals surface area contributed by atoms with Gasteiger partial charge in [0, 0.05) is 30.9 Å². The van der Waals surface area contributed by atoms with Crippen LogP contribution in [0.4, 0.5) is 18.9 Å². The summed E-state index contributed by atoms with van der Waals surface area (Å²) in [6.07, 6.45) is 0. The van der Waals surface area contributed by atoms with Gasteiger partial charge < -0.3 is 30.2 Å². The highest BCUT2D eigenvalue weighted by Crippen LogP contribution is 2.38. The van der Waals surface area contributed by atoms with Gasteiger partial charge in [-0.1, -0.05) is 0 Å². The fourth-order valence-electron chi connectivity index (χ4n) is 2.61. The lowest BCUT2D eigenvalue weighted by Crippen LogP contribution is -2.41. The van der Waals surface area contributed by atoms with Gasteiger partial charge in [-0.3, -0.25) is 9.79 Å². The molecule has 160 valence electrons. The quantitative estimate of drug-likeness (QED) is 0.467. The van der Waals surface area contributed by atoms with Crippen LogP contribution in [-0.2, 0) is 11.3 Å². The number of carbonyl (C=O) groups excluding carboxylic acids is 1. The molecule has 1 aliphatic heterocycles. The Balaban J connectivity index is 1.56. The van der Waals surface area contributed by atoms with E-state index in [9.17, 15) is 18.0 Å². The van der Waals surface area contributed by atoms with Gasteiger partial charge in [0.2, 0.25) is 12.7 Å². The lowest BCUT2D eigenvalue weighted by Gasteiger charge is -2.15. The smallest absolute Gasteiger partial charge is 0.387 e. The maximum atomic E-state index is 12.9. The number of hydrogen-bond donors (Lipinski definition) is 3. The van der Waals surface area contributed by atoms with Crippen LogP contribution in [0.3, 0.4) is 0 Å². The summed E-state index contributed by atoms with van der Waals surface area (Å²) in [5, 5.41) is 8.29. The number of halogens is 3. The summed E-state index contributed by atoms with van der Waals surface area (Å²) >= 11 is 0. The molecular weight excluding hydrogens is 405 g/mol. The van der Waals surface area contributed by atoms with E-state index >= 15 is 0 Å². The van der Waals surface area contributed by atoms with E-state index in [-0.39, 0.29) is 37.5 Å². The minimum atomic E-state index is -3.00. The molecule has 0 unspecified atom stereocenters. The lowest BCUT2D eigenvalue weighted by molar-refractivity contribution is -0.115. The van der Waals surface area contributed by atoms with Crippen molar-refractivity contribution in [2.75, 3.05) is 25.7 Å². The lowest BCUT2D eigenvalue weighted by atomic mass is 10.1. The zero-order valence-corrected chi connectivity index (χ0v) is 15.9. The summed E-state index contributed by atoms with van der Waals surface area (Å²) in [4.78, 5) is 16.0. The monoisotopic (exact) mass is 424 g/mol. The Labute approximate surface area is 170 Å². The topological polar surface area (TPSA) is 93.2 Å². The van der Waals surface area contributed by atoms with E-state index in [4.69, 9.17) is 9.47 Å². The number of benzene rings is 2. The van der Waals surface area contributed by atoms with E-state index < -0.39 is 12.4 Å². The Kier molecular flexibility index (Phi) is 6.83. The Hall–Kier alpha value is -3.63. The van der Waals surface area contributed by atoms with Crippen LogP contribution in [0.5, 0.6) is 17.2 Å². The molecule has 0 saturated carbocycles. The number of anilines is 1. The minimum Gasteiger partial charge on any atom is -0.454 e. The molecule has 2 aromatic rings. The first kappa shape index (κ1) is 21.1. The second-order valence-electron chi connectivity index (χ2n) is 6.03. The standard InChI is InChI=1S/C19H19F3N4O4/c1-23-19(25-9-17(27)26-13-4-2-12(20)3-5-13)24-8-11-6-15-16(29-10-28-15)7-14(11)30-18(21)22/h2-7,18H,8-10H2,1H3,(H,26,27)(H2,23,24,25). The number of fused-ring (bicyclic) bond motifs is 1. The molecule has 11 heteroatoms. The van der Waals surface area contributed by atoms with E-state index in [1.807, 2.05) is 0 Å². The van der Waals surface area contributed by atoms with Crippen LogP contribution < -0.4 is 30.2 Å². The summed E-state index contributed by atoms with van der Waals surface area (Å²) in [5.41, 5.74) is 0.832. The van der Waals surface area contributed by atoms with E-state index in [0.717, 1.165) is 0 Å². The molecule has 3 rings (SSSR count). The third kappa shape index (κ3) is 5.69. The van der Waals surface area contributed by atoms with Crippen molar-refractivity contribution in [3.8, 4) is 17.2 Å². The number of ether oxygens (including phenoxy) is 3. The van der Waals surface area contributed by atoms with Crippen molar-refractivity contribution in [3.05, 3.63) is 47.8 Å². The zero-order chi connectivity index (χ0) is 21.5. The molecule has 2 aromatic carbocycles. The van der Waals surface area contributed by atoms with Crippen molar-refractivity contribution < 1.29 is 32.2 Å². The molecule has 0 radical (unpaired) electrons. The van der Waals surface area contributed by atoms with Crippen molar-refractivity contribution in [2.24, 2.45) is 4.99 Å². The predicted molar refractivity (Wildman–Crippen MR) is 102 cm³/mol. The van der Waals surface area contributed by atoms with Crippen LogP contribution in [0.15, 0.2) is 41.4 Å². The van der Waals surface area contributed by atoms with Gasteiger partial charge in [-0.2, -0.15) is 8.78 Å². The van der Waals surface area contributed by atoms with Crippen LogP contribution in [-0.4, -0.2) is 38.9 Å². The molecule has 0 saturated heterocycles. The van der Waals surface area contributed by atoms with E-state index in [0.29, 0.717) is 22.7 Å². The number of nitrogens with zero attached hydrogens (tertiary/aromatic N) is 1. The Bertz CT molecular complexity index is 923. The second kappa shape index (κ2) is 9.72. The summed E-state index contributed by atoms with van der Waals surface area (Å²) in [6, 6.07) is 8.19. The number of guanidine groups is 1. The average Bonchev–Trinajstić information content (AvgIpc) is 3.16. The molecule has 8 nitrogen and oxygen atoms in total. The Morgan fingerprint density at radius 2 is 1.87 bits per heavy atom. The zero-order valence-electron chi connectivity index (χ0n) is 15.9. The van der Waals surface area contributed by atoms with E-state index in [2.05, 4.69) is 25.7 Å². The molecule has 3 N–H and O–H groups in total. The van der Waals surface area contributed by atoms with Crippen molar-refractivity contribution in [2.45, 2.75) is 13.2 Å². The molecule has 1 amide bonds. The van der Waals surface area contributed by atoms with Crippen LogP contribution in [0.2, 0.25) is 0 Å². The highest BCUT2D eigenvalue weighted by atomic mass is 19.3. The first-order valence-corrected chi connectivity index (χ1v) is 8.82. The van der Waals surface area contributed by atoms with Gasteiger partial charge in [0.1, 0.15) is 11.6 Å². The summed E-state index contributed by atoms with van der Waals surface area (Å²) in [7, 11) is 1.49. The molecule has 0 atom stereocenters. The number of amides is 1. The molecule has 0 bridgehead atoms. The Morgan fingerprint density at radius 1 is 1.17 bits per heavy atom. The van der Waals surface area contributed by atoms with Gasteiger partial charge in [-0.25, -0.2) is 4.39 Å². The van der Waals surface area contributed by atoms with Gasteiger partial charge in [-0.15, -0.1) is 0 Å². The van der Waals surface area contributed by atoms with Gasteiger partial charge in [-0.05, 0) is 30.3 Å². The SMILES string of the molecule is CN=C(NCC(=O)Nc1ccc(F)cc1)NCc1cc2c(cc1OC(F)F)OCO2. The number of rotatable bonds is 7. The number of aliphatic imine (C=N–C) groups is 1. The summed E-state index contributed by atoms with van der Waals surface area (Å²) < 4.78 is 53.3. The molecule has 1 aliphatic rings. The number of carbonyl (C=O) groups is 1. The van der Waals surface area contributed by atoms with Crippen molar-refractivity contribution >= 4 is 17.6 Å². The number of nitrogens with one attached hydrogen (secondary N) is 3. The third-order valence-corrected chi connectivity index (χ3v) is 3.99. The van der Waals surface area contributed by atoms with Crippen LogP contribution in [0.25, 0.3) is 0 Å². The maximum absolute atomic E-state index is 12.9. The fraction of sp³-hybridized carbons (Fsp3) is 0.263. The van der Waals surface area contributed by atoms with Gasteiger partial charge in [0.25, 0.3) is 0 Å². The normalized spacial score (nSPS) is 12.6. The Morgan fingerprint density at radius 3 is 2.53 bits per heavy atom. The first-order valence-electron chi connectivity index (χ1n) is 8.82. The predicted octanol–water partition coefficient (Wildman–Crippen LogP) is 2.46. The van der Waals surface area contributed by atoms with Crippen molar-refractivity contribution in [1.29, 1.82) is 0 Å². The van der Waals surface area contributed by atoms with E-state index in [1.54, 1.807) is 0 Å². The molecule has 30 heavy (non-hydrogen) atoms. The van der Waals surface area contributed by atoms with Crippen LogP contribution in [0, 0.1) is 5.82 Å². The molecule has 1 heterocycles. The second-order valence-corrected chi connectivity index (χ2v) is 6.03. The highest BCUT2D eigenvalue weighted by molar-refractivity contribution is 5.94. The maximum Gasteiger partial charge on any atom is 0.387 e. The largest absolute Gasteiger partial charge is 0.454 e. The van der Waals surface area contributed by atoms with Gasteiger partial charge >= 0.3 is 6.61 Å². The summed E-state index contributed by atoms with van der Waals surface area (Å²) in [6.45, 7) is -3.07. The highest BCUT2D eigenvalue weighted by Gasteiger charge is 2.20. The average molecular weight is 424 g/mol. The number of hydrogen-bond acceptors (Lipinski definition) is 5. The van der Waals surface area contributed by atoms with Gasteiger partial charge in [0.05, 0.1) is 6.54 Å². The van der Waals surface area contributed by atoms with Crippen LogP contribution >= 0.6 is 0 Å². The fourth-order valence-corrected chi connectivity index (χ4v) is 2.61.